The fraction of sp³-hybridized carbons (Fsp3) is 0.571. The van der Waals surface area contributed by atoms with Crippen LogP contribution in [0.1, 0.15) is 37.7 Å². The maximum absolute atomic E-state index is 10.6. The highest BCUT2D eigenvalue weighted by atomic mass is 16.5. The van der Waals surface area contributed by atoms with Crippen LogP contribution < -0.4 is 4.74 Å². The molecule has 3 unspecified atom stereocenters. The number of aliphatic hydroxyl groups is 1. The van der Waals surface area contributed by atoms with Gasteiger partial charge in [0.25, 0.3) is 0 Å². The summed E-state index contributed by atoms with van der Waals surface area (Å²) >= 11 is 0. The molecule has 1 fully saturated rings. The Kier molecular flexibility index (Phi) is 2.21. The van der Waals surface area contributed by atoms with Crippen LogP contribution in [0.25, 0.3) is 0 Å². The third kappa shape index (κ3) is 1.36. The van der Waals surface area contributed by atoms with E-state index in [1.807, 2.05) is 18.2 Å². The second-order valence-electron chi connectivity index (χ2n) is 5.08. The predicted molar refractivity (Wildman–Crippen MR) is 62.6 cm³/mol. The molecule has 0 spiro atoms. The van der Waals surface area contributed by atoms with Crippen molar-refractivity contribution in [3.05, 3.63) is 29.8 Å². The Hall–Kier alpha value is -1.02. The van der Waals surface area contributed by atoms with Crippen molar-refractivity contribution in [3.63, 3.8) is 0 Å². The Morgan fingerprint density at radius 2 is 2.25 bits per heavy atom. The van der Waals surface area contributed by atoms with Gasteiger partial charge in [-0.25, -0.2) is 0 Å². The molecule has 1 aromatic rings. The van der Waals surface area contributed by atoms with Gasteiger partial charge in [-0.2, -0.15) is 0 Å². The molecule has 1 heterocycles. The van der Waals surface area contributed by atoms with Crippen molar-refractivity contribution in [1.82, 2.24) is 0 Å². The fourth-order valence-corrected chi connectivity index (χ4v) is 3.04. The molecule has 2 nitrogen and oxygen atoms in total. The van der Waals surface area contributed by atoms with Crippen LogP contribution in [0.15, 0.2) is 24.3 Å². The van der Waals surface area contributed by atoms with Gasteiger partial charge in [0.15, 0.2) is 0 Å². The van der Waals surface area contributed by atoms with Crippen LogP contribution >= 0.6 is 0 Å². The largest absolute Gasteiger partial charge is 0.493 e. The predicted octanol–water partition coefficient (Wildman–Crippen LogP) is 2.71. The summed E-state index contributed by atoms with van der Waals surface area (Å²) in [6.45, 7) is 2.83. The Balaban J connectivity index is 1.84. The first kappa shape index (κ1) is 10.2. The molecule has 1 saturated carbocycles. The molecule has 1 aliphatic carbocycles. The number of rotatable bonds is 3. The van der Waals surface area contributed by atoms with Gasteiger partial charge in [0.2, 0.25) is 0 Å². The number of ether oxygens (including phenoxy) is 1. The summed E-state index contributed by atoms with van der Waals surface area (Å²) in [5, 5.41) is 10.6. The first-order valence-electron chi connectivity index (χ1n) is 6.20. The first-order valence-corrected chi connectivity index (χ1v) is 6.20. The van der Waals surface area contributed by atoms with E-state index in [0.717, 1.165) is 25.0 Å². The highest BCUT2D eigenvalue weighted by molar-refractivity contribution is 5.43. The molecule has 1 N–H and O–H groups in total. The highest BCUT2D eigenvalue weighted by Crippen LogP contribution is 2.57. The van der Waals surface area contributed by atoms with Crippen molar-refractivity contribution in [2.75, 3.05) is 6.61 Å². The molecule has 1 aliphatic heterocycles. The Morgan fingerprint density at radius 1 is 1.44 bits per heavy atom. The Bertz CT molecular complexity index is 401. The zero-order valence-corrected chi connectivity index (χ0v) is 9.65. The van der Waals surface area contributed by atoms with Gasteiger partial charge in [-0.15, -0.1) is 0 Å². The number of hydrogen-bond acceptors (Lipinski definition) is 2. The van der Waals surface area contributed by atoms with Crippen LogP contribution in [-0.4, -0.2) is 17.3 Å². The monoisotopic (exact) mass is 218 g/mol. The maximum Gasteiger partial charge on any atom is 0.123 e. The molecule has 0 saturated heterocycles. The summed E-state index contributed by atoms with van der Waals surface area (Å²) in [6, 6.07) is 8.10. The average molecular weight is 218 g/mol. The SMILES string of the molecule is CCCC1CC1(O)C1COc2ccccc21. The van der Waals surface area contributed by atoms with Crippen LogP contribution in [0.2, 0.25) is 0 Å². The molecule has 86 valence electrons. The molecule has 3 rings (SSSR count). The van der Waals surface area contributed by atoms with Crippen LogP contribution in [0.5, 0.6) is 5.75 Å². The van der Waals surface area contributed by atoms with Crippen molar-refractivity contribution >= 4 is 0 Å². The number of fused-ring (bicyclic) bond motifs is 1. The van der Waals surface area contributed by atoms with Crippen molar-refractivity contribution in [3.8, 4) is 5.75 Å². The summed E-state index contributed by atoms with van der Waals surface area (Å²) in [5.74, 6) is 1.64. The molecular weight excluding hydrogens is 200 g/mol. The molecule has 0 radical (unpaired) electrons. The third-order valence-corrected chi connectivity index (χ3v) is 4.06. The molecule has 3 atom stereocenters. The van der Waals surface area contributed by atoms with E-state index in [9.17, 15) is 5.11 Å². The van der Waals surface area contributed by atoms with E-state index in [1.165, 1.54) is 5.56 Å². The van der Waals surface area contributed by atoms with Gasteiger partial charge in [-0.3, -0.25) is 0 Å². The second kappa shape index (κ2) is 3.49. The standard InChI is InChI=1S/C14H18O2/c1-2-5-10-8-14(10,15)12-9-16-13-7-4-3-6-11(12)13/h3-4,6-7,10,12,15H,2,5,8-9H2,1H3. The van der Waals surface area contributed by atoms with Crippen LogP contribution in [0.4, 0.5) is 0 Å². The van der Waals surface area contributed by atoms with Crippen molar-refractivity contribution in [1.29, 1.82) is 0 Å². The van der Waals surface area contributed by atoms with Gasteiger partial charge < -0.3 is 9.84 Å². The van der Waals surface area contributed by atoms with Crippen molar-refractivity contribution in [2.45, 2.75) is 37.7 Å². The van der Waals surface area contributed by atoms with Gasteiger partial charge in [0.1, 0.15) is 5.75 Å². The molecule has 0 aromatic heterocycles. The van der Waals surface area contributed by atoms with Gasteiger partial charge in [-0.1, -0.05) is 31.5 Å². The lowest BCUT2D eigenvalue weighted by molar-refractivity contribution is 0.0868. The molecule has 0 amide bonds. The van der Waals surface area contributed by atoms with E-state index >= 15 is 0 Å². The minimum atomic E-state index is -0.484. The minimum absolute atomic E-state index is 0.195. The highest BCUT2D eigenvalue weighted by Gasteiger charge is 2.59. The molecular formula is C14H18O2. The van der Waals surface area contributed by atoms with E-state index in [0.29, 0.717) is 12.5 Å². The fourth-order valence-electron chi connectivity index (χ4n) is 3.04. The van der Waals surface area contributed by atoms with E-state index < -0.39 is 5.60 Å². The topological polar surface area (TPSA) is 29.5 Å². The van der Waals surface area contributed by atoms with Crippen molar-refractivity contribution < 1.29 is 9.84 Å². The van der Waals surface area contributed by atoms with Gasteiger partial charge in [0, 0.05) is 5.56 Å². The molecule has 0 bridgehead atoms. The summed E-state index contributed by atoms with van der Waals surface area (Å²) in [7, 11) is 0. The molecule has 2 heteroatoms. The van der Waals surface area contributed by atoms with Crippen LogP contribution in [-0.2, 0) is 0 Å². The summed E-state index contributed by atoms with van der Waals surface area (Å²) in [6.07, 6.45) is 3.24. The lowest BCUT2D eigenvalue weighted by Crippen LogP contribution is -2.24. The molecule has 1 aromatic carbocycles. The van der Waals surface area contributed by atoms with E-state index in [4.69, 9.17) is 4.74 Å². The summed E-state index contributed by atoms with van der Waals surface area (Å²) in [5.41, 5.74) is 0.714. The quantitative estimate of drug-likeness (QED) is 0.845. The lowest BCUT2D eigenvalue weighted by Gasteiger charge is -2.17. The number of hydrogen-bond donors (Lipinski definition) is 1. The smallest absolute Gasteiger partial charge is 0.123 e. The molecule has 16 heavy (non-hydrogen) atoms. The van der Waals surface area contributed by atoms with E-state index in [1.54, 1.807) is 0 Å². The third-order valence-electron chi connectivity index (χ3n) is 4.06. The van der Waals surface area contributed by atoms with E-state index in [2.05, 4.69) is 13.0 Å². The maximum atomic E-state index is 10.6. The second-order valence-corrected chi connectivity index (χ2v) is 5.08. The van der Waals surface area contributed by atoms with Crippen molar-refractivity contribution in [2.24, 2.45) is 5.92 Å². The summed E-state index contributed by atoms with van der Waals surface area (Å²) < 4.78 is 5.64. The lowest BCUT2D eigenvalue weighted by atomic mass is 9.91. The zero-order chi connectivity index (χ0) is 11.2. The molecule has 2 aliphatic rings. The van der Waals surface area contributed by atoms with Gasteiger partial charge >= 0.3 is 0 Å². The number of para-hydroxylation sites is 1. The number of benzene rings is 1. The van der Waals surface area contributed by atoms with Gasteiger partial charge in [0.05, 0.1) is 18.1 Å². The summed E-state index contributed by atoms with van der Waals surface area (Å²) in [4.78, 5) is 0. The van der Waals surface area contributed by atoms with E-state index in [-0.39, 0.29) is 5.92 Å². The normalized spacial score (nSPS) is 35.6. The zero-order valence-electron chi connectivity index (χ0n) is 9.65. The van der Waals surface area contributed by atoms with Gasteiger partial charge in [-0.05, 0) is 24.8 Å². The minimum Gasteiger partial charge on any atom is -0.493 e. The average Bonchev–Trinajstić information content (AvgIpc) is 2.78. The van der Waals surface area contributed by atoms with Crippen LogP contribution in [0, 0.1) is 5.92 Å². The Labute approximate surface area is 96.2 Å². The van der Waals surface area contributed by atoms with Crippen LogP contribution in [0.3, 0.4) is 0 Å². The Morgan fingerprint density at radius 3 is 3.06 bits per heavy atom. The first-order chi connectivity index (χ1) is 7.75.